The molecule has 26 heavy (non-hydrogen) atoms. The van der Waals surface area contributed by atoms with E-state index in [1.165, 1.54) is 0 Å². The molecule has 6 nitrogen and oxygen atoms in total. The quantitative estimate of drug-likeness (QED) is 0.512. The molecule has 2 aromatic heterocycles. The van der Waals surface area contributed by atoms with Gasteiger partial charge in [-0.1, -0.05) is 35.9 Å². The number of nitrogen functional groups attached to an aromatic ring is 2. The molecule has 0 radical (unpaired) electrons. The molecule has 0 saturated carbocycles. The molecule has 4 aromatic rings. The van der Waals surface area contributed by atoms with Crippen molar-refractivity contribution in [2.24, 2.45) is 0 Å². The predicted molar refractivity (Wildman–Crippen MR) is 105 cm³/mol. The minimum absolute atomic E-state index is 0.251. The fraction of sp³-hybridized carbons (Fsp3) is 0.105. The lowest BCUT2D eigenvalue weighted by molar-refractivity contribution is 0.907. The highest BCUT2D eigenvalue weighted by atomic mass is 35.5. The van der Waals surface area contributed by atoms with Gasteiger partial charge in [0, 0.05) is 21.7 Å². The van der Waals surface area contributed by atoms with Gasteiger partial charge >= 0.3 is 0 Å². The van der Waals surface area contributed by atoms with Gasteiger partial charge in [-0.25, -0.2) is 9.97 Å². The molecule has 2 aromatic carbocycles. The molecule has 7 heteroatoms. The monoisotopic (exact) mass is 364 g/mol. The Morgan fingerprint density at radius 1 is 0.962 bits per heavy atom. The number of nitrogens with zero attached hydrogens (tertiary/aromatic N) is 3. The molecule has 0 spiro atoms. The molecule has 5 N–H and O–H groups in total. The van der Waals surface area contributed by atoms with Gasteiger partial charge in [-0.05, 0) is 42.7 Å². The summed E-state index contributed by atoms with van der Waals surface area (Å²) in [6.07, 6.45) is 1.51. The van der Waals surface area contributed by atoms with Crippen molar-refractivity contribution in [2.45, 2.75) is 12.8 Å². The van der Waals surface area contributed by atoms with Crippen LogP contribution in [0.25, 0.3) is 22.2 Å². The van der Waals surface area contributed by atoms with E-state index in [0.717, 1.165) is 51.3 Å². The van der Waals surface area contributed by atoms with Gasteiger partial charge in [0.25, 0.3) is 0 Å². The van der Waals surface area contributed by atoms with Crippen molar-refractivity contribution in [1.82, 2.24) is 20.2 Å². The fourth-order valence-electron chi connectivity index (χ4n) is 2.96. The molecule has 0 atom stereocenters. The summed E-state index contributed by atoms with van der Waals surface area (Å²) in [7, 11) is 0. The number of fused-ring (bicyclic) bond motifs is 1. The van der Waals surface area contributed by atoms with E-state index in [1.807, 2.05) is 48.5 Å². The number of anilines is 2. The molecule has 0 fully saturated rings. The number of hydrogen-bond acceptors (Lipinski definition) is 5. The second-order valence-electron chi connectivity index (χ2n) is 6.06. The molecule has 0 aliphatic carbocycles. The summed E-state index contributed by atoms with van der Waals surface area (Å²) >= 11 is 6.23. The van der Waals surface area contributed by atoms with Crippen molar-refractivity contribution in [3.8, 4) is 11.3 Å². The van der Waals surface area contributed by atoms with E-state index in [-0.39, 0.29) is 5.95 Å². The summed E-state index contributed by atoms with van der Waals surface area (Å²) in [6.45, 7) is 0. The van der Waals surface area contributed by atoms with Crippen molar-refractivity contribution in [3.05, 3.63) is 64.8 Å². The number of rotatable bonds is 4. The fourth-order valence-corrected chi connectivity index (χ4v) is 3.19. The van der Waals surface area contributed by atoms with Gasteiger partial charge in [-0.15, -0.1) is 0 Å². The van der Waals surface area contributed by atoms with Crippen LogP contribution in [0.3, 0.4) is 0 Å². The molecule has 0 unspecified atom stereocenters. The van der Waals surface area contributed by atoms with Gasteiger partial charge in [-0.3, -0.25) is 5.10 Å². The molecule has 0 amide bonds. The van der Waals surface area contributed by atoms with Gasteiger partial charge in [0.1, 0.15) is 0 Å². The number of hydrogen-bond donors (Lipinski definition) is 3. The lowest BCUT2D eigenvalue weighted by Crippen LogP contribution is -2.02. The van der Waals surface area contributed by atoms with Crippen LogP contribution < -0.4 is 11.5 Å². The van der Waals surface area contributed by atoms with Crippen LogP contribution in [0.1, 0.15) is 11.3 Å². The SMILES string of the molecule is Nc1nc(CCc2ccccc2Cl)cc(-c2ccc3c(N)n[nH]c3c2)n1. The maximum Gasteiger partial charge on any atom is 0.220 e. The third-order valence-corrected chi connectivity index (χ3v) is 4.66. The van der Waals surface area contributed by atoms with Crippen LogP contribution in [0, 0.1) is 0 Å². The highest BCUT2D eigenvalue weighted by Gasteiger charge is 2.09. The maximum absolute atomic E-state index is 6.23. The van der Waals surface area contributed by atoms with Crippen LogP contribution in [0.2, 0.25) is 5.02 Å². The van der Waals surface area contributed by atoms with Crippen LogP contribution in [0.15, 0.2) is 48.5 Å². The minimum Gasteiger partial charge on any atom is -0.382 e. The van der Waals surface area contributed by atoms with Crippen molar-refractivity contribution in [1.29, 1.82) is 0 Å². The molecule has 0 aliphatic rings. The number of benzene rings is 2. The zero-order valence-electron chi connectivity index (χ0n) is 13.9. The minimum atomic E-state index is 0.251. The van der Waals surface area contributed by atoms with E-state index in [2.05, 4.69) is 20.2 Å². The van der Waals surface area contributed by atoms with Crippen LogP contribution in [-0.4, -0.2) is 20.2 Å². The van der Waals surface area contributed by atoms with Gasteiger partial charge in [0.15, 0.2) is 5.82 Å². The largest absolute Gasteiger partial charge is 0.382 e. The molecular weight excluding hydrogens is 348 g/mol. The summed E-state index contributed by atoms with van der Waals surface area (Å²) < 4.78 is 0. The zero-order valence-corrected chi connectivity index (χ0v) is 14.7. The third kappa shape index (κ3) is 3.19. The lowest BCUT2D eigenvalue weighted by Gasteiger charge is -2.07. The first-order valence-corrected chi connectivity index (χ1v) is 8.59. The van der Waals surface area contributed by atoms with Crippen molar-refractivity contribution < 1.29 is 0 Å². The van der Waals surface area contributed by atoms with E-state index in [9.17, 15) is 0 Å². The third-order valence-electron chi connectivity index (χ3n) is 4.29. The number of nitrogens with one attached hydrogen (secondary N) is 1. The molecule has 0 saturated heterocycles. The van der Waals surface area contributed by atoms with E-state index in [0.29, 0.717) is 5.82 Å². The highest BCUT2D eigenvalue weighted by Crippen LogP contribution is 2.26. The number of aryl methyl sites for hydroxylation is 2. The number of nitrogens with two attached hydrogens (primary N) is 2. The first-order chi connectivity index (χ1) is 12.6. The van der Waals surface area contributed by atoms with E-state index in [1.54, 1.807) is 0 Å². The molecule has 130 valence electrons. The Hall–Kier alpha value is -3.12. The smallest absolute Gasteiger partial charge is 0.220 e. The van der Waals surface area contributed by atoms with Crippen LogP contribution in [0.5, 0.6) is 0 Å². The van der Waals surface area contributed by atoms with Gasteiger partial charge in [0.05, 0.1) is 11.2 Å². The Morgan fingerprint density at radius 2 is 1.81 bits per heavy atom. The Labute approximate surface area is 155 Å². The molecular formula is C19H17ClN6. The number of halogens is 1. The highest BCUT2D eigenvalue weighted by molar-refractivity contribution is 6.31. The van der Waals surface area contributed by atoms with Gasteiger partial charge in [-0.2, -0.15) is 5.10 Å². The normalized spacial score (nSPS) is 11.1. The lowest BCUT2D eigenvalue weighted by atomic mass is 10.1. The van der Waals surface area contributed by atoms with E-state index in [4.69, 9.17) is 23.1 Å². The van der Waals surface area contributed by atoms with E-state index < -0.39 is 0 Å². The molecule has 0 bridgehead atoms. The van der Waals surface area contributed by atoms with Gasteiger partial charge < -0.3 is 11.5 Å². The average Bonchev–Trinajstić information content (AvgIpc) is 3.01. The first kappa shape index (κ1) is 16.4. The Balaban J connectivity index is 1.63. The predicted octanol–water partition coefficient (Wildman–Crippen LogP) is 3.62. The van der Waals surface area contributed by atoms with Gasteiger partial charge in [0.2, 0.25) is 5.95 Å². The molecule has 2 heterocycles. The van der Waals surface area contributed by atoms with E-state index >= 15 is 0 Å². The average molecular weight is 365 g/mol. The number of aromatic amines is 1. The first-order valence-electron chi connectivity index (χ1n) is 8.21. The summed E-state index contributed by atoms with van der Waals surface area (Å²) in [5, 5.41) is 8.58. The second-order valence-corrected chi connectivity index (χ2v) is 6.47. The summed E-state index contributed by atoms with van der Waals surface area (Å²) in [5.41, 5.74) is 16.2. The van der Waals surface area contributed by atoms with Crippen molar-refractivity contribution >= 4 is 34.3 Å². The maximum atomic E-state index is 6.23. The second kappa shape index (κ2) is 6.65. The van der Waals surface area contributed by atoms with Crippen LogP contribution in [-0.2, 0) is 12.8 Å². The van der Waals surface area contributed by atoms with Crippen LogP contribution in [0.4, 0.5) is 11.8 Å². The van der Waals surface area contributed by atoms with Crippen molar-refractivity contribution in [3.63, 3.8) is 0 Å². The number of aromatic nitrogens is 4. The number of H-pyrrole nitrogens is 1. The topological polar surface area (TPSA) is 106 Å². The Bertz CT molecular complexity index is 1090. The Morgan fingerprint density at radius 3 is 2.65 bits per heavy atom. The summed E-state index contributed by atoms with van der Waals surface area (Å²) in [4.78, 5) is 8.72. The Kier molecular flexibility index (Phi) is 4.18. The standard InChI is InChI=1S/C19H17ClN6/c20-15-4-2-1-3-11(15)5-7-13-10-16(24-19(22)23-13)12-6-8-14-17(9-12)25-26-18(14)21/h1-4,6,8-10H,5,7H2,(H3,21,25,26)(H2,22,23,24). The molecule has 4 rings (SSSR count). The molecule has 0 aliphatic heterocycles. The van der Waals surface area contributed by atoms with Crippen LogP contribution >= 0.6 is 11.6 Å². The zero-order chi connectivity index (χ0) is 18.1. The summed E-state index contributed by atoms with van der Waals surface area (Å²) in [5.74, 6) is 0.732. The van der Waals surface area contributed by atoms with Crippen molar-refractivity contribution in [2.75, 3.05) is 11.5 Å². The summed E-state index contributed by atoms with van der Waals surface area (Å²) in [6, 6.07) is 15.6.